The summed E-state index contributed by atoms with van der Waals surface area (Å²) < 4.78 is 0. The maximum Gasteiger partial charge on any atom is 0.242 e. The number of carbonyl (C=O) groups is 7. The van der Waals surface area contributed by atoms with Crippen molar-refractivity contribution in [2.45, 2.75) is 110 Å². The molecule has 60 heavy (non-hydrogen) atoms. The second-order valence-electron chi connectivity index (χ2n) is 15.2. The maximum atomic E-state index is 14.0. The minimum Gasteiger partial charge on any atom is -0.356 e. The van der Waals surface area contributed by atoms with E-state index in [1.165, 1.54) is 26.5 Å². The maximum absolute atomic E-state index is 14.0. The Morgan fingerprint density at radius 3 is 1.38 bits per heavy atom. The zero-order valence-electron chi connectivity index (χ0n) is 36.2. The Balaban J connectivity index is 2.86. The Labute approximate surface area is 363 Å². The normalized spacial score (nSPS) is 10.8. The molecule has 16 nitrogen and oxygen atoms in total. The fourth-order valence-electron chi connectivity index (χ4n) is 6.37. The molecule has 1 aromatic carbocycles. The molecule has 0 aliphatic heterocycles. The van der Waals surface area contributed by atoms with E-state index in [0.717, 1.165) is 31.2 Å². The number of Topliss-reactive ketones (excluding diaryl/α,β-unsaturated/α-hetero) is 1. The first-order valence-electron chi connectivity index (χ1n) is 21.8. The van der Waals surface area contributed by atoms with Crippen molar-refractivity contribution in [1.29, 1.82) is 0 Å². The van der Waals surface area contributed by atoms with Gasteiger partial charge in [-0.25, -0.2) is 0 Å². The van der Waals surface area contributed by atoms with Crippen LogP contribution in [-0.4, -0.2) is 145 Å². The van der Waals surface area contributed by atoms with Crippen LogP contribution in [0.4, 0.5) is 0 Å². The summed E-state index contributed by atoms with van der Waals surface area (Å²) in [6, 6.07) is 9.31. The standard InChI is InChI=1S/C43H75N9O7S/c1-36(53)31-52(32-37-17-5-2-6-18-37)43(59)35-51(29-16-11-24-46)42(58)34-50(28-15-10-23-45)41(57)33-49(27-14-9-22-44)40(56)20-8-4-13-25-47-38(54)19-7-3-12-26-48-39(55)21-30-60/h2,5-6,17-18,60H,3-4,7-16,19-35,44-46H2,1H3,(H,47,54)(H,48,55). The van der Waals surface area contributed by atoms with Crippen LogP contribution in [0.15, 0.2) is 30.3 Å². The first-order valence-corrected chi connectivity index (χ1v) is 22.5. The largest absolute Gasteiger partial charge is 0.356 e. The quantitative estimate of drug-likeness (QED) is 0.0424. The lowest BCUT2D eigenvalue weighted by Gasteiger charge is -2.31. The minimum absolute atomic E-state index is 0.0125. The van der Waals surface area contributed by atoms with Crippen LogP contribution in [0.5, 0.6) is 0 Å². The zero-order chi connectivity index (χ0) is 44.4. The molecule has 0 fully saturated rings. The van der Waals surface area contributed by atoms with Crippen molar-refractivity contribution in [1.82, 2.24) is 30.2 Å². The van der Waals surface area contributed by atoms with Gasteiger partial charge in [0.25, 0.3) is 0 Å². The number of hydrogen-bond donors (Lipinski definition) is 6. The molecule has 0 bridgehead atoms. The highest BCUT2D eigenvalue weighted by atomic mass is 32.1. The summed E-state index contributed by atoms with van der Waals surface area (Å²) >= 11 is 4.05. The van der Waals surface area contributed by atoms with Gasteiger partial charge in [0.2, 0.25) is 35.4 Å². The van der Waals surface area contributed by atoms with Gasteiger partial charge >= 0.3 is 0 Å². The predicted octanol–water partition coefficient (Wildman–Crippen LogP) is 1.98. The number of unbranched alkanes of at least 4 members (excludes halogenated alkanes) is 7. The molecule has 0 saturated carbocycles. The third-order valence-corrected chi connectivity index (χ3v) is 10.0. The van der Waals surface area contributed by atoms with E-state index in [1.54, 1.807) is 0 Å². The average molecular weight is 862 g/mol. The molecule has 1 rings (SSSR count). The predicted molar refractivity (Wildman–Crippen MR) is 239 cm³/mol. The summed E-state index contributed by atoms with van der Waals surface area (Å²) in [6.07, 6.45) is 9.14. The Kier molecular flexibility index (Phi) is 31.1. The van der Waals surface area contributed by atoms with Gasteiger partial charge in [-0.05, 0) is 102 Å². The second kappa shape index (κ2) is 34.6. The SMILES string of the molecule is CC(=O)CN(Cc1ccccc1)C(=O)CN(CCCCN)C(=O)CN(CCCCN)C(=O)CN(CCCCN)C(=O)CCCCCNC(=O)CCCCCNC(=O)CCS. The number of rotatable bonds is 36. The third kappa shape index (κ3) is 26.2. The van der Waals surface area contributed by atoms with Gasteiger partial charge in [-0.3, -0.25) is 33.6 Å². The van der Waals surface area contributed by atoms with Crippen molar-refractivity contribution in [3.8, 4) is 0 Å². The van der Waals surface area contributed by atoms with E-state index in [1.807, 2.05) is 30.3 Å². The van der Waals surface area contributed by atoms with E-state index in [-0.39, 0.29) is 87.6 Å². The van der Waals surface area contributed by atoms with Crippen molar-refractivity contribution in [3.63, 3.8) is 0 Å². The summed E-state index contributed by atoms with van der Waals surface area (Å²) in [5, 5.41) is 5.76. The number of amides is 6. The summed E-state index contributed by atoms with van der Waals surface area (Å²) in [6.45, 7) is 4.00. The highest BCUT2D eigenvalue weighted by Crippen LogP contribution is 2.11. The number of thiol groups is 1. The van der Waals surface area contributed by atoms with Gasteiger partial charge in [0, 0.05) is 58.5 Å². The van der Waals surface area contributed by atoms with Crippen LogP contribution in [0, 0.1) is 0 Å². The topological polar surface area (TPSA) is 235 Å². The first-order chi connectivity index (χ1) is 28.9. The summed E-state index contributed by atoms with van der Waals surface area (Å²) in [7, 11) is 0. The molecule has 0 heterocycles. The van der Waals surface area contributed by atoms with Gasteiger partial charge in [-0.1, -0.05) is 43.2 Å². The summed E-state index contributed by atoms with van der Waals surface area (Å²) in [5.74, 6) is -1.05. The van der Waals surface area contributed by atoms with Crippen LogP contribution in [0.25, 0.3) is 0 Å². The smallest absolute Gasteiger partial charge is 0.242 e. The van der Waals surface area contributed by atoms with Crippen LogP contribution in [0.3, 0.4) is 0 Å². The van der Waals surface area contributed by atoms with E-state index in [2.05, 4.69) is 23.3 Å². The van der Waals surface area contributed by atoms with Crippen LogP contribution in [0.1, 0.15) is 109 Å². The van der Waals surface area contributed by atoms with E-state index >= 15 is 0 Å². The minimum atomic E-state index is -0.414. The van der Waals surface area contributed by atoms with Crippen molar-refractivity contribution in [2.75, 3.05) is 84.3 Å². The molecule has 8 N–H and O–H groups in total. The van der Waals surface area contributed by atoms with Gasteiger partial charge in [-0.2, -0.15) is 12.6 Å². The Bertz CT molecular complexity index is 1410. The van der Waals surface area contributed by atoms with E-state index in [9.17, 15) is 33.6 Å². The van der Waals surface area contributed by atoms with Crippen molar-refractivity contribution in [2.24, 2.45) is 17.2 Å². The van der Waals surface area contributed by atoms with E-state index in [4.69, 9.17) is 17.2 Å². The summed E-state index contributed by atoms with van der Waals surface area (Å²) in [5.41, 5.74) is 18.1. The first kappa shape index (κ1) is 54.0. The average Bonchev–Trinajstić information content (AvgIpc) is 3.22. The van der Waals surface area contributed by atoms with Crippen LogP contribution >= 0.6 is 12.6 Å². The van der Waals surface area contributed by atoms with E-state index in [0.29, 0.717) is 109 Å². The van der Waals surface area contributed by atoms with Crippen molar-refractivity contribution in [3.05, 3.63) is 35.9 Å². The third-order valence-electron chi connectivity index (χ3n) is 9.80. The molecule has 6 amide bonds. The fourth-order valence-corrected chi connectivity index (χ4v) is 6.57. The molecule has 0 spiro atoms. The number of hydrogen-bond acceptors (Lipinski definition) is 11. The van der Waals surface area contributed by atoms with Gasteiger partial charge in [-0.15, -0.1) is 0 Å². The highest BCUT2D eigenvalue weighted by molar-refractivity contribution is 7.80. The molecule has 0 radical (unpaired) electrons. The Morgan fingerprint density at radius 1 is 0.500 bits per heavy atom. The lowest BCUT2D eigenvalue weighted by atomic mass is 10.1. The van der Waals surface area contributed by atoms with Crippen molar-refractivity contribution >= 4 is 53.9 Å². The Morgan fingerprint density at radius 2 is 0.933 bits per heavy atom. The number of nitrogens with zero attached hydrogens (tertiary/aromatic N) is 4. The van der Waals surface area contributed by atoms with Crippen LogP contribution in [-0.2, 0) is 40.1 Å². The number of nitrogens with two attached hydrogens (primary N) is 3. The van der Waals surface area contributed by atoms with Crippen LogP contribution in [0.2, 0.25) is 0 Å². The molecule has 0 atom stereocenters. The molecule has 0 aliphatic carbocycles. The second-order valence-corrected chi connectivity index (χ2v) is 15.6. The molecule has 0 aliphatic rings. The van der Waals surface area contributed by atoms with Gasteiger partial charge in [0.1, 0.15) is 5.78 Å². The number of ketones is 1. The van der Waals surface area contributed by atoms with E-state index < -0.39 is 5.91 Å². The summed E-state index contributed by atoms with van der Waals surface area (Å²) in [4.78, 5) is 96.8. The Hall–Kier alpha value is -4.06. The van der Waals surface area contributed by atoms with Crippen LogP contribution < -0.4 is 27.8 Å². The molecular formula is C43H75N9O7S. The monoisotopic (exact) mass is 862 g/mol. The number of nitrogens with one attached hydrogen (secondary N) is 2. The molecule has 0 aromatic heterocycles. The van der Waals surface area contributed by atoms with Gasteiger partial charge in [0.05, 0.1) is 26.2 Å². The van der Waals surface area contributed by atoms with Gasteiger partial charge < -0.3 is 47.4 Å². The fraction of sp³-hybridized carbons (Fsp3) is 0.698. The zero-order valence-corrected chi connectivity index (χ0v) is 37.1. The van der Waals surface area contributed by atoms with Crippen molar-refractivity contribution < 1.29 is 33.6 Å². The molecule has 0 unspecified atom stereocenters. The molecule has 340 valence electrons. The molecular weight excluding hydrogens is 787 g/mol. The highest BCUT2D eigenvalue weighted by Gasteiger charge is 2.27. The number of carbonyl (C=O) groups excluding carboxylic acids is 7. The van der Waals surface area contributed by atoms with Gasteiger partial charge in [0.15, 0.2) is 0 Å². The lowest BCUT2D eigenvalue weighted by molar-refractivity contribution is -0.146. The molecule has 0 saturated heterocycles. The number of benzene rings is 1. The lowest BCUT2D eigenvalue weighted by Crippen LogP contribution is -2.50. The molecule has 17 heteroatoms. The molecule has 1 aromatic rings.